The maximum Gasteiger partial charge on any atom is 0.319 e. The van der Waals surface area contributed by atoms with Gasteiger partial charge in [0.1, 0.15) is 0 Å². The van der Waals surface area contributed by atoms with Crippen LogP contribution in [0.3, 0.4) is 0 Å². The van der Waals surface area contributed by atoms with Gasteiger partial charge in [-0.25, -0.2) is 4.79 Å². The summed E-state index contributed by atoms with van der Waals surface area (Å²) in [6.45, 7) is 0. The topological polar surface area (TPSA) is 41.1 Å². The van der Waals surface area contributed by atoms with Crippen molar-refractivity contribution in [2.24, 2.45) is 17.8 Å². The number of urea groups is 1. The first-order valence-electron chi connectivity index (χ1n) is 7.96. The second-order valence-corrected chi connectivity index (χ2v) is 8.42. The van der Waals surface area contributed by atoms with Gasteiger partial charge in [-0.2, -0.15) is 0 Å². The summed E-state index contributed by atoms with van der Waals surface area (Å²) in [6.07, 6.45) is 7.78. The zero-order chi connectivity index (χ0) is 14.4. The van der Waals surface area contributed by atoms with Crippen LogP contribution >= 0.6 is 22.6 Å². The Hall–Kier alpha value is -0.780. The minimum atomic E-state index is -0.0268. The Balaban J connectivity index is 1.46. The normalized spacial score (nSPS) is 36.5. The van der Waals surface area contributed by atoms with E-state index in [-0.39, 0.29) is 11.6 Å². The molecule has 2 amide bonds. The minimum Gasteiger partial charge on any atom is -0.332 e. The fourth-order valence-electron chi connectivity index (χ4n) is 5.22. The predicted octanol–water partition coefficient (Wildman–Crippen LogP) is 4.38. The molecule has 4 saturated carbocycles. The van der Waals surface area contributed by atoms with Crippen LogP contribution in [0.4, 0.5) is 10.5 Å². The first-order chi connectivity index (χ1) is 10.1. The number of hydrogen-bond acceptors (Lipinski definition) is 1. The van der Waals surface area contributed by atoms with Crippen LogP contribution in [0.15, 0.2) is 24.3 Å². The molecule has 112 valence electrons. The second-order valence-electron chi connectivity index (χ2n) is 7.26. The summed E-state index contributed by atoms with van der Waals surface area (Å²) in [5.74, 6) is 2.57. The number of carbonyl (C=O) groups excluding carboxylic acids is 1. The van der Waals surface area contributed by atoms with E-state index in [2.05, 4.69) is 33.2 Å². The highest BCUT2D eigenvalue weighted by atomic mass is 127. The number of carbonyl (C=O) groups is 1. The fourth-order valence-corrected chi connectivity index (χ4v) is 5.74. The lowest BCUT2D eigenvalue weighted by Crippen LogP contribution is -2.60. The Kier molecular flexibility index (Phi) is 3.39. The average Bonchev–Trinajstić information content (AvgIpc) is 2.39. The van der Waals surface area contributed by atoms with Gasteiger partial charge in [-0.15, -0.1) is 0 Å². The largest absolute Gasteiger partial charge is 0.332 e. The van der Waals surface area contributed by atoms with E-state index < -0.39 is 0 Å². The number of hydrogen-bond donors (Lipinski definition) is 2. The third-order valence-corrected chi connectivity index (χ3v) is 6.48. The molecule has 5 rings (SSSR count). The summed E-state index contributed by atoms with van der Waals surface area (Å²) >= 11 is 2.26. The Morgan fingerprint density at radius 2 is 1.62 bits per heavy atom. The zero-order valence-electron chi connectivity index (χ0n) is 12.1. The molecule has 2 N–H and O–H groups in total. The Bertz CT molecular complexity index is 536. The van der Waals surface area contributed by atoms with E-state index >= 15 is 0 Å². The summed E-state index contributed by atoms with van der Waals surface area (Å²) in [6, 6.07) is 7.90. The van der Waals surface area contributed by atoms with Gasteiger partial charge >= 0.3 is 6.03 Å². The van der Waals surface area contributed by atoms with Crippen LogP contribution in [0.5, 0.6) is 0 Å². The molecule has 1 aromatic rings. The van der Waals surface area contributed by atoms with Gasteiger partial charge in [0.15, 0.2) is 0 Å². The zero-order valence-corrected chi connectivity index (χ0v) is 14.2. The summed E-state index contributed by atoms with van der Waals surface area (Å²) in [5, 5.41) is 6.37. The number of para-hydroxylation sites is 1. The highest BCUT2D eigenvalue weighted by Crippen LogP contribution is 2.55. The van der Waals surface area contributed by atoms with Gasteiger partial charge in [0.05, 0.1) is 5.69 Å². The van der Waals surface area contributed by atoms with E-state index in [1.165, 1.54) is 38.5 Å². The standard InChI is InChI=1S/C17H21IN2O/c18-14-3-1-2-4-15(14)19-16(21)20-17-8-11-5-12(9-17)7-13(6-11)10-17/h1-4,11-13H,5-10H2,(H2,19,20,21). The molecule has 21 heavy (non-hydrogen) atoms. The SMILES string of the molecule is O=C(Nc1ccccc1I)NC12CC3CC(CC(C3)C1)C2. The summed E-state index contributed by atoms with van der Waals surface area (Å²) in [4.78, 5) is 12.4. The van der Waals surface area contributed by atoms with Crippen molar-refractivity contribution in [2.75, 3.05) is 5.32 Å². The lowest BCUT2D eigenvalue weighted by atomic mass is 9.53. The van der Waals surface area contributed by atoms with Crippen LogP contribution in [0.25, 0.3) is 0 Å². The van der Waals surface area contributed by atoms with Gasteiger partial charge in [-0.05, 0) is 91.0 Å². The second kappa shape index (κ2) is 5.14. The molecule has 0 aliphatic heterocycles. The maximum atomic E-state index is 12.4. The van der Waals surface area contributed by atoms with Crippen molar-refractivity contribution < 1.29 is 4.79 Å². The summed E-state index contributed by atoms with van der Waals surface area (Å²) in [7, 11) is 0. The van der Waals surface area contributed by atoms with Crippen molar-refractivity contribution in [3.05, 3.63) is 27.8 Å². The molecular formula is C17H21IN2O. The van der Waals surface area contributed by atoms with Crippen molar-refractivity contribution in [3.8, 4) is 0 Å². The van der Waals surface area contributed by atoms with E-state index in [1.807, 2.05) is 24.3 Å². The Morgan fingerprint density at radius 3 is 2.19 bits per heavy atom. The van der Waals surface area contributed by atoms with Gasteiger partial charge in [-0.1, -0.05) is 12.1 Å². The highest BCUT2D eigenvalue weighted by Gasteiger charge is 2.51. The molecule has 0 heterocycles. The molecule has 4 bridgehead atoms. The Labute approximate surface area is 139 Å². The molecule has 0 atom stereocenters. The minimum absolute atomic E-state index is 0.0268. The third kappa shape index (κ3) is 2.67. The molecule has 1 aromatic carbocycles. The lowest BCUT2D eigenvalue weighted by molar-refractivity contribution is -0.0127. The number of anilines is 1. The summed E-state index contributed by atoms with van der Waals surface area (Å²) in [5.41, 5.74) is 0.985. The van der Waals surface area contributed by atoms with Crippen LogP contribution in [0, 0.1) is 21.3 Å². The molecule has 0 radical (unpaired) electrons. The van der Waals surface area contributed by atoms with Crippen LogP contribution in [-0.2, 0) is 0 Å². The number of halogens is 1. The number of rotatable bonds is 2. The quantitative estimate of drug-likeness (QED) is 0.716. The van der Waals surface area contributed by atoms with Crippen LogP contribution in [0.1, 0.15) is 38.5 Å². The lowest BCUT2D eigenvalue weighted by Gasteiger charge is -2.56. The van der Waals surface area contributed by atoms with Gasteiger partial charge in [0.2, 0.25) is 0 Å². The highest BCUT2D eigenvalue weighted by molar-refractivity contribution is 14.1. The van der Waals surface area contributed by atoms with Crippen LogP contribution in [-0.4, -0.2) is 11.6 Å². The molecule has 0 spiro atoms. The smallest absolute Gasteiger partial charge is 0.319 e. The van der Waals surface area contributed by atoms with Crippen LogP contribution in [0.2, 0.25) is 0 Å². The van der Waals surface area contributed by atoms with E-state index in [0.717, 1.165) is 27.0 Å². The van der Waals surface area contributed by atoms with Crippen molar-refractivity contribution in [1.29, 1.82) is 0 Å². The number of amides is 2. The Morgan fingerprint density at radius 1 is 1.05 bits per heavy atom. The van der Waals surface area contributed by atoms with E-state index in [0.29, 0.717) is 0 Å². The molecule has 0 unspecified atom stereocenters. The molecule has 0 aromatic heterocycles. The molecule has 4 aliphatic rings. The van der Waals surface area contributed by atoms with Crippen molar-refractivity contribution in [3.63, 3.8) is 0 Å². The van der Waals surface area contributed by atoms with Gasteiger partial charge in [0.25, 0.3) is 0 Å². The van der Waals surface area contributed by atoms with Crippen molar-refractivity contribution in [2.45, 2.75) is 44.1 Å². The maximum absolute atomic E-state index is 12.4. The molecule has 4 fully saturated rings. The average molecular weight is 396 g/mol. The molecule has 4 heteroatoms. The number of benzene rings is 1. The van der Waals surface area contributed by atoms with Crippen molar-refractivity contribution >= 4 is 34.3 Å². The molecule has 3 nitrogen and oxygen atoms in total. The molecule has 0 saturated heterocycles. The first-order valence-corrected chi connectivity index (χ1v) is 9.03. The first kappa shape index (κ1) is 13.9. The fraction of sp³-hybridized carbons (Fsp3) is 0.588. The third-order valence-electron chi connectivity index (χ3n) is 5.54. The molecule has 4 aliphatic carbocycles. The van der Waals surface area contributed by atoms with Crippen LogP contribution < -0.4 is 10.6 Å². The van der Waals surface area contributed by atoms with Crippen molar-refractivity contribution in [1.82, 2.24) is 5.32 Å². The van der Waals surface area contributed by atoms with Gasteiger partial charge in [-0.3, -0.25) is 0 Å². The van der Waals surface area contributed by atoms with Gasteiger partial charge < -0.3 is 10.6 Å². The van der Waals surface area contributed by atoms with E-state index in [1.54, 1.807) is 0 Å². The predicted molar refractivity (Wildman–Crippen MR) is 92.2 cm³/mol. The number of nitrogens with one attached hydrogen (secondary N) is 2. The van der Waals surface area contributed by atoms with E-state index in [4.69, 9.17) is 0 Å². The summed E-state index contributed by atoms with van der Waals surface area (Å²) < 4.78 is 1.08. The molecular weight excluding hydrogens is 375 g/mol. The van der Waals surface area contributed by atoms with E-state index in [9.17, 15) is 4.79 Å². The monoisotopic (exact) mass is 396 g/mol. The van der Waals surface area contributed by atoms with Gasteiger partial charge in [0, 0.05) is 9.11 Å².